The topological polar surface area (TPSA) is 69.6 Å². The Morgan fingerprint density at radius 1 is 1.52 bits per heavy atom. The molecule has 5 nitrogen and oxygen atoms in total. The number of nitrogens with zero attached hydrogens (tertiary/aromatic N) is 1. The molecule has 2 atom stereocenters. The SMILES string of the molecule is CC(O)C1CCN(C(=O)CNC(=O)c2cccc(Br)c2)C1. The van der Waals surface area contributed by atoms with E-state index < -0.39 is 6.10 Å². The van der Waals surface area contributed by atoms with Crippen LogP contribution in [0.5, 0.6) is 0 Å². The van der Waals surface area contributed by atoms with Gasteiger partial charge in [-0.2, -0.15) is 0 Å². The molecule has 0 saturated carbocycles. The Morgan fingerprint density at radius 3 is 2.90 bits per heavy atom. The summed E-state index contributed by atoms with van der Waals surface area (Å²) in [6.07, 6.45) is 0.405. The number of rotatable bonds is 4. The van der Waals surface area contributed by atoms with Crippen LogP contribution >= 0.6 is 15.9 Å². The van der Waals surface area contributed by atoms with Gasteiger partial charge in [-0.05, 0) is 31.5 Å². The highest BCUT2D eigenvalue weighted by Gasteiger charge is 2.28. The van der Waals surface area contributed by atoms with Gasteiger partial charge >= 0.3 is 0 Å². The second-order valence-electron chi connectivity index (χ2n) is 5.32. The zero-order valence-corrected chi connectivity index (χ0v) is 13.5. The van der Waals surface area contributed by atoms with Gasteiger partial charge in [0, 0.05) is 29.0 Å². The quantitative estimate of drug-likeness (QED) is 0.858. The van der Waals surface area contributed by atoms with Gasteiger partial charge in [-0.15, -0.1) is 0 Å². The van der Waals surface area contributed by atoms with Gasteiger partial charge in [-0.3, -0.25) is 9.59 Å². The van der Waals surface area contributed by atoms with E-state index in [0.717, 1.165) is 10.9 Å². The van der Waals surface area contributed by atoms with E-state index in [1.807, 2.05) is 6.07 Å². The summed E-state index contributed by atoms with van der Waals surface area (Å²) < 4.78 is 0.820. The number of carbonyl (C=O) groups excluding carboxylic acids is 2. The average Bonchev–Trinajstić information content (AvgIpc) is 2.94. The lowest BCUT2D eigenvalue weighted by atomic mass is 10.0. The maximum absolute atomic E-state index is 12.0. The van der Waals surface area contributed by atoms with Crippen LogP contribution in [0, 0.1) is 5.92 Å². The third kappa shape index (κ3) is 4.28. The molecule has 2 amide bonds. The van der Waals surface area contributed by atoms with E-state index in [1.165, 1.54) is 0 Å². The Hall–Kier alpha value is -1.40. The molecule has 1 aliphatic heterocycles. The first-order valence-electron chi connectivity index (χ1n) is 6.97. The Morgan fingerprint density at radius 2 is 2.29 bits per heavy atom. The minimum atomic E-state index is -0.404. The summed E-state index contributed by atoms with van der Waals surface area (Å²) in [6, 6.07) is 7.01. The van der Waals surface area contributed by atoms with Gasteiger partial charge in [-0.25, -0.2) is 0 Å². The van der Waals surface area contributed by atoms with Gasteiger partial charge in [0.15, 0.2) is 0 Å². The lowest BCUT2D eigenvalue weighted by molar-refractivity contribution is -0.129. The number of amides is 2. The Bertz CT molecular complexity index is 533. The first-order valence-corrected chi connectivity index (χ1v) is 7.76. The van der Waals surface area contributed by atoms with Crippen LogP contribution in [0.4, 0.5) is 0 Å². The number of hydrogen-bond donors (Lipinski definition) is 2. The predicted molar refractivity (Wildman–Crippen MR) is 82.8 cm³/mol. The van der Waals surface area contributed by atoms with E-state index in [4.69, 9.17) is 0 Å². The zero-order chi connectivity index (χ0) is 15.4. The van der Waals surface area contributed by atoms with Crippen molar-refractivity contribution in [2.24, 2.45) is 5.92 Å². The highest BCUT2D eigenvalue weighted by atomic mass is 79.9. The normalized spacial score (nSPS) is 19.4. The average molecular weight is 355 g/mol. The third-order valence-electron chi connectivity index (χ3n) is 3.75. The van der Waals surface area contributed by atoms with Crippen molar-refractivity contribution < 1.29 is 14.7 Å². The van der Waals surface area contributed by atoms with Crippen molar-refractivity contribution in [2.45, 2.75) is 19.4 Å². The lowest BCUT2D eigenvalue weighted by Gasteiger charge is -2.18. The molecule has 1 aliphatic rings. The molecule has 1 heterocycles. The van der Waals surface area contributed by atoms with Crippen LogP contribution in [0.1, 0.15) is 23.7 Å². The monoisotopic (exact) mass is 354 g/mol. The van der Waals surface area contributed by atoms with E-state index >= 15 is 0 Å². The molecule has 2 rings (SSSR count). The minimum Gasteiger partial charge on any atom is -0.393 e. The summed E-state index contributed by atoms with van der Waals surface area (Å²) >= 11 is 3.31. The van der Waals surface area contributed by atoms with Crippen molar-refractivity contribution in [3.8, 4) is 0 Å². The fourth-order valence-electron chi connectivity index (χ4n) is 2.41. The van der Waals surface area contributed by atoms with Crippen molar-refractivity contribution in [3.63, 3.8) is 0 Å². The molecule has 0 bridgehead atoms. The molecule has 2 N–H and O–H groups in total. The number of carbonyl (C=O) groups is 2. The molecule has 0 aliphatic carbocycles. The molecule has 1 aromatic carbocycles. The van der Waals surface area contributed by atoms with Crippen molar-refractivity contribution in [2.75, 3.05) is 19.6 Å². The summed E-state index contributed by atoms with van der Waals surface area (Å²) in [5.74, 6) is -0.243. The summed E-state index contributed by atoms with van der Waals surface area (Å²) in [5, 5.41) is 12.2. The van der Waals surface area contributed by atoms with Crippen LogP contribution in [-0.4, -0.2) is 47.6 Å². The van der Waals surface area contributed by atoms with Crippen molar-refractivity contribution in [1.82, 2.24) is 10.2 Å². The number of hydrogen-bond acceptors (Lipinski definition) is 3. The molecule has 1 aromatic rings. The fourth-order valence-corrected chi connectivity index (χ4v) is 2.81. The van der Waals surface area contributed by atoms with E-state index in [-0.39, 0.29) is 24.3 Å². The van der Waals surface area contributed by atoms with E-state index in [1.54, 1.807) is 30.0 Å². The number of nitrogens with one attached hydrogen (secondary N) is 1. The highest BCUT2D eigenvalue weighted by molar-refractivity contribution is 9.10. The number of aliphatic hydroxyl groups excluding tert-OH is 1. The van der Waals surface area contributed by atoms with Crippen molar-refractivity contribution in [1.29, 1.82) is 0 Å². The maximum Gasteiger partial charge on any atom is 0.251 e. The van der Waals surface area contributed by atoms with Gasteiger partial charge in [0.25, 0.3) is 5.91 Å². The number of benzene rings is 1. The third-order valence-corrected chi connectivity index (χ3v) is 4.24. The molecule has 2 unspecified atom stereocenters. The van der Waals surface area contributed by atoms with Crippen LogP contribution in [0.25, 0.3) is 0 Å². The smallest absolute Gasteiger partial charge is 0.251 e. The van der Waals surface area contributed by atoms with Gasteiger partial charge in [0.1, 0.15) is 0 Å². The minimum absolute atomic E-state index is 0.0160. The largest absolute Gasteiger partial charge is 0.393 e. The van der Waals surface area contributed by atoms with E-state index in [2.05, 4.69) is 21.2 Å². The van der Waals surface area contributed by atoms with Crippen LogP contribution in [0.3, 0.4) is 0 Å². The van der Waals surface area contributed by atoms with Gasteiger partial charge in [0.05, 0.1) is 12.6 Å². The molecule has 0 radical (unpaired) electrons. The molecular weight excluding hydrogens is 336 g/mol. The Balaban J connectivity index is 1.83. The van der Waals surface area contributed by atoms with Crippen LogP contribution < -0.4 is 5.32 Å². The summed E-state index contributed by atoms with van der Waals surface area (Å²) in [7, 11) is 0. The summed E-state index contributed by atoms with van der Waals surface area (Å²) in [4.78, 5) is 25.7. The molecule has 0 aromatic heterocycles. The highest BCUT2D eigenvalue weighted by Crippen LogP contribution is 2.19. The van der Waals surface area contributed by atoms with Crippen LogP contribution in [0.2, 0.25) is 0 Å². The summed E-state index contributed by atoms with van der Waals surface area (Å²) in [5.41, 5.74) is 0.514. The first-order chi connectivity index (χ1) is 9.97. The van der Waals surface area contributed by atoms with E-state index in [0.29, 0.717) is 18.7 Å². The Labute approximate surface area is 132 Å². The van der Waals surface area contributed by atoms with Crippen molar-refractivity contribution >= 4 is 27.7 Å². The van der Waals surface area contributed by atoms with Gasteiger partial charge in [-0.1, -0.05) is 22.0 Å². The van der Waals surface area contributed by atoms with Crippen LogP contribution in [-0.2, 0) is 4.79 Å². The van der Waals surface area contributed by atoms with Gasteiger partial charge < -0.3 is 15.3 Å². The molecule has 1 saturated heterocycles. The Kier molecular flexibility index (Phi) is 5.36. The number of halogens is 1. The standard InChI is InChI=1S/C15H19BrN2O3/c1-10(19)12-5-6-18(9-12)14(20)8-17-15(21)11-3-2-4-13(16)7-11/h2-4,7,10,12,19H,5-6,8-9H2,1H3,(H,17,21). The molecule has 6 heteroatoms. The fraction of sp³-hybridized carbons (Fsp3) is 0.467. The van der Waals surface area contributed by atoms with Crippen molar-refractivity contribution in [3.05, 3.63) is 34.3 Å². The summed E-state index contributed by atoms with van der Waals surface area (Å²) in [6.45, 7) is 2.93. The number of likely N-dealkylation sites (tertiary alicyclic amines) is 1. The lowest BCUT2D eigenvalue weighted by Crippen LogP contribution is -2.39. The number of aliphatic hydroxyl groups is 1. The molecule has 0 spiro atoms. The molecule has 21 heavy (non-hydrogen) atoms. The first kappa shape index (κ1) is 16.0. The molecular formula is C15H19BrN2O3. The zero-order valence-electron chi connectivity index (χ0n) is 11.9. The maximum atomic E-state index is 12.0. The second kappa shape index (κ2) is 7.04. The predicted octanol–water partition coefficient (Wildman–Crippen LogP) is 1.41. The molecule has 114 valence electrons. The van der Waals surface area contributed by atoms with Crippen LogP contribution in [0.15, 0.2) is 28.7 Å². The van der Waals surface area contributed by atoms with E-state index in [9.17, 15) is 14.7 Å². The van der Waals surface area contributed by atoms with Gasteiger partial charge in [0.2, 0.25) is 5.91 Å². The second-order valence-corrected chi connectivity index (χ2v) is 6.24. The molecule has 1 fully saturated rings.